The van der Waals surface area contributed by atoms with Crippen LogP contribution in [-0.2, 0) is 0 Å². The maximum absolute atomic E-state index is 6.32. The molecular formula is C31H20N2O2. The van der Waals surface area contributed by atoms with E-state index in [9.17, 15) is 0 Å². The average molecular weight is 453 g/mol. The molecule has 0 fully saturated rings. The van der Waals surface area contributed by atoms with Crippen LogP contribution in [-0.4, -0.2) is 4.98 Å². The Hall–Kier alpha value is -4.83. The largest absolute Gasteiger partial charge is 0.456 e. The van der Waals surface area contributed by atoms with Gasteiger partial charge in [-0.25, -0.2) is 4.98 Å². The van der Waals surface area contributed by atoms with Crippen molar-refractivity contribution in [2.45, 2.75) is 0 Å². The number of furan rings is 1. The van der Waals surface area contributed by atoms with Crippen LogP contribution in [0.1, 0.15) is 0 Å². The molecule has 0 saturated carbocycles. The molecule has 0 spiro atoms. The number of hydrogen-bond acceptors (Lipinski definition) is 4. The molecule has 0 bridgehead atoms. The van der Waals surface area contributed by atoms with E-state index in [1.165, 1.54) is 0 Å². The normalized spacial score (nSPS) is 11.4. The summed E-state index contributed by atoms with van der Waals surface area (Å²) in [5.74, 6) is 0.605. The van der Waals surface area contributed by atoms with Crippen molar-refractivity contribution in [2.24, 2.45) is 0 Å². The van der Waals surface area contributed by atoms with Crippen molar-refractivity contribution in [2.75, 3.05) is 4.90 Å². The van der Waals surface area contributed by atoms with Crippen LogP contribution in [0.5, 0.6) is 0 Å². The maximum atomic E-state index is 6.32. The molecule has 7 rings (SSSR count). The summed E-state index contributed by atoms with van der Waals surface area (Å²) in [5, 5.41) is 2.05. The van der Waals surface area contributed by atoms with E-state index in [0.29, 0.717) is 11.5 Å². The van der Waals surface area contributed by atoms with Gasteiger partial charge in [-0.15, -0.1) is 0 Å². The Morgan fingerprint density at radius 1 is 0.543 bits per heavy atom. The highest BCUT2D eigenvalue weighted by Gasteiger charge is 2.20. The van der Waals surface area contributed by atoms with Crippen LogP contribution in [0.2, 0.25) is 0 Å². The number of anilines is 3. The highest BCUT2D eigenvalue weighted by atomic mass is 16.4. The molecule has 7 aromatic rings. The maximum Gasteiger partial charge on any atom is 0.227 e. The Morgan fingerprint density at radius 2 is 1.20 bits per heavy atom. The number of aromatic nitrogens is 1. The van der Waals surface area contributed by atoms with Crippen molar-refractivity contribution in [3.05, 3.63) is 121 Å². The van der Waals surface area contributed by atoms with E-state index in [-0.39, 0.29) is 0 Å². The van der Waals surface area contributed by atoms with Gasteiger partial charge in [0.25, 0.3) is 0 Å². The Balaban J connectivity index is 1.49. The number of benzene rings is 5. The molecule has 0 radical (unpaired) electrons. The molecule has 0 amide bonds. The van der Waals surface area contributed by atoms with Gasteiger partial charge in [-0.05, 0) is 54.6 Å². The molecule has 4 nitrogen and oxygen atoms in total. The molecular weight excluding hydrogens is 432 g/mol. The highest BCUT2D eigenvalue weighted by molar-refractivity contribution is 6.15. The van der Waals surface area contributed by atoms with Gasteiger partial charge in [0.2, 0.25) is 5.89 Å². The molecule has 0 atom stereocenters. The van der Waals surface area contributed by atoms with Crippen LogP contribution in [0.3, 0.4) is 0 Å². The fourth-order valence-electron chi connectivity index (χ4n) is 4.70. The first-order valence-corrected chi connectivity index (χ1v) is 11.6. The molecule has 0 saturated heterocycles. The average Bonchev–Trinajstić information content (AvgIpc) is 3.50. The third-order valence-corrected chi connectivity index (χ3v) is 6.27. The minimum absolute atomic E-state index is 0.605. The highest BCUT2D eigenvalue weighted by Crippen LogP contribution is 2.43. The summed E-state index contributed by atoms with van der Waals surface area (Å²) in [6.07, 6.45) is 0. The summed E-state index contributed by atoms with van der Waals surface area (Å²) >= 11 is 0. The van der Waals surface area contributed by atoms with E-state index in [2.05, 4.69) is 65.6 Å². The summed E-state index contributed by atoms with van der Waals surface area (Å²) in [6.45, 7) is 0. The molecule has 2 heterocycles. The Labute approximate surface area is 201 Å². The van der Waals surface area contributed by atoms with Crippen molar-refractivity contribution in [3.8, 4) is 11.5 Å². The monoisotopic (exact) mass is 452 g/mol. The number of nitrogens with zero attached hydrogens (tertiary/aromatic N) is 2. The second-order valence-corrected chi connectivity index (χ2v) is 8.46. The molecule has 0 aliphatic rings. The van der Waals surface area contributed by atoms with Crippen molar-refractivity contribution >= 4 is 50.1 Å². The Kier molecular flexibility index (Phi) is 4.42. The molecule has 166 valence electrons. The number of fused-ring (bicyclic) bond motifs is 4. The predicted octanol–water partition coefficient (Wildman–Crippen LogP) is 8.86. The lowest BCUT2D eigenvalue weighted by molar-refractivity contribution is 0.617. The van der Waals surface area contributed by atoms with E-state index in [1.54, 1.807) is 0 Å². The molecule has 0 aliphatic heterocycles. The van der Waals surface area contributed by atoms with Gasteiger partial charge in [-0.3, -0.25) is 0 Å². The number of para-hydroxylation sites is 2. The summed E-state index contributed by atoms with van der Waals surface area (Å²) in [5.41, 5.74) is 7.26. The van der Waals surface area contributed by atoms with Crippen LogP contribution < -0.4 is 4.90 Å². The van der Waals surface area contributed by atoms with E-state index in [4.69, 9.17) is 13.8 Å². The van der Waals surface area contributed by atoms with Gasteiger partial charge in [0.1, 0.15) is 16.7 Å². The molecule has 0 aliphatic carbocycles. The molecule has 35 heavy (non-hydrogen) atoms. The molecule has 2 aromatic heterocycles. The lowest BCUT2D eigenvalue weighted by Crippen LogP contribution is -2.09. The van der Waals surface area contributed by atoms with Gasteiger partial charge in [-0.2, -0.15) is 0 Å². The summed E-state index contributed by atoms with van der Waals surface area (Å²) < 4.78 is 12.4. The van der Waals surface area contributed by atoms with Crippen LogP contribution >= 0.6 is 0 Å². The van der Waals surface area contributed by atoms with Gasteiger partial charge in [0.15, 0.2) is 5.58 Å². The zero-order valence-electron chi connectivity index (χ0n) is 18.8. The fourth-order valence-corrected chi connectivity index (χ4v) is 4.70. The first kappa shape index (κ1) is 19.6. The second-order valence-electron chi connectivity index (χ2n) is 8.46. The van der Waals surface area contributed by atoms with Crippen molar-refractivity contribution < 1.29 is 8.83 Å². The van der Waals surface area contributed by atoms with Crippen LogP contribution in [0.15, 0.2) is 130 Å². The summed E-state index contributed by atoms with van der Waals surface area (Å²) in [7, 11) is 0. The van der Waals surface area contributed by atoms with E-state index >= 15 is 0 Å². The molecule has 0 N–H and O–H groups in total. The van der Waals surface area contributed by atoms with Crippen molar-refractivity contribution in [3.63, 3.8) is 0 Å². The summed E-state index contributed by atoms with van der Waals surface area (Å²) in [6, 6.07) is 40.9. The SMILES string of the molecule is c1ccc(-c2nc3cc4c(cc3o2)oc2cccc(N(c3ccccc3)c3ccccc3)c24)cc1. The van der Waals surface area contributed by atoms with E-state index in [1.807, 2.05) is 60.7 Å². The lowest BCUT2D eigenvalue weighted by Gasteiger charge is -2.26. The third-order valence-electron chi connectivity index (χ3n) is 6.27. The predicted molar refractivity (Wildman–Crippen MR) is 141 cm³/mol. The van der Waals surface area contributed by atoms with Crippen LogP contribution in [0.4, 0.5) is 17.1 Å². The number of hydrogen-bond donors (Lipinski definition) is 0. The Bertz CT molecular complexity index is 1750. The van der Waals surface area contributed by atoms with E-state index < -0.39 is 0 Å². The topological polar surface area (TPSA) is 42.4 Å². The van der Waals surface area contributed by atoms with Crippen LogP contribution in [0.25, 0.3) is 44.5 Å². The first-order chi connectivity index (χ1) is 17.3. The van der Waals surface area contributed by atoms with Gasteiger partial charge in [0, 0.05) is 28.4 Å². The zero-order chi connectivity index (χ0) is 23.2. The quantitative estimate of drug-likeness (QED) is 0.267. The first-order valence-electron chi connectivity index (χ1n) is 11.6. The smallest absolute Gasteiger partial charge is 0.227 e. The molecule has 5 aromatic carbocycles. The Morgan fingerprint density at radius 3 is 1.89 bits per heavy atom. The van der Waals surface area contributed by atoms with Crippen LogP contribution in [0, 0.1) is 0 Å². The minimum atomic E-state index is 0.605. The van der Waals surface area contributed by atoms with E-state index in [0.717, 1.165) is 50.1 Å². The minimum Gasteiger partial charge on any atom is -0.456 e. The van der Waals surface area contributed by atoms with Gasteiger partial charge < -0.3 is 13.7 Å². The molecule has 4 heteroatoms. The zero-order valence-corrected chi connectivity index (χ0v) is 18.8. The van der Waals surface area contributed by atoms with Gasteiger partial charge in [0.05, 0.1) is 11.1 Å². The fraction of sp³-hybridized carbons (Fsp3) is 0. The summed E-state index contributed by atoms with van der Waals surface area (Å²) in [4.78, 5) is 7.05. The van der Waals surface area contributed by atoms with Crippen molar-refractivity contribution in [1.82, 2.24) is 4.98 Å². The third kappa shape index (κ3) is 3.27. The number of oxazole rings is 1. The number of rotatable bonds is 4. The van der Waals surface area contributed by atoms with Crippen molar-refractivity contribution in [1.29, 1.82) is 0 Å². The lowest BCUT2D eigenvalue weighted by atomic mass is 10.1. The van der Waals surface area contributed by atoms with Gasteiger partial charge >= 0.3 is 0 Å². The van der Waals surface area contributed by atoms with Gasteiger partial charge in [-0.1, -0.05) is 60.7 Å². The molecule has 0 unspecified atom stereocenters. The second kappa shape index (κ2) is 7.89. The standard InChI is InChI=1S/C31H20N2O2/c1-4-11-21(12-5-1)31-32-25-19-24-28(20-29(25)35-31)34-27-18-10-17-26(30(24)27)33(22-13-6-2-7-14-22)23-15-8-3-9-16-23/h1-20H.